The van der Waals surface area contributed by atoms with Crippen LogP contribution in [-0.2, 0) is 6.54 Å². The summed E-state index contributed by atoms with van der Waals surface area (Å²) in [6.45, 7) is 6.09. The molecule has 0 unspecified atom stereocenters. The van der Waals surface area contributed by atoms with Gasteiger partial charge in [-0.15, -0.1) is 0 Å². The van der Waals surface area contributed by atoms with Crippen molar-refractivity contribution in [1.82, 2.24) is 14.3 Å². The molecule has 0 aliphatic rings. The fraction of sp³-hybridized carbons (Fsp3) is 0.385. The standard InChI is InChI=1S/C26H34FN5O2/c1-17(29-4)21(25(28)26(2,3)33)11-12-34-23-13-19(27)8-9-22(23)18-7-10-24-30-14-20(16-31(5)6)32(24)15-18/h7-10,13-15,33H,11-12,16,28H2,1-6H3/b25-21-,29-17?. The molecular weight excluding hydrogens is 433 g/mol. The molecule has 3 aromatic rings. The molecule has 0 saturated carbocycles. The average Bonchev–Trinajstić information content (AvgIpc) is 3.16. The van der Waals surface area contributed by atoms with Gasteiger partial charge in [-0.05, 0) is 64.7 Å². The number of aliphatic imine (C=N–C) groups is 1. The number of hydrogen-bond donors (Lipinski definition) is 2. The van der Waals surface area contributed by atoms with Crippen LogP contribution < -0.4 is 10.5 Å². The first-order valence-corrected chi connectivity index (χ1v) is 11.2. The van der Waals surface area contributed by atoms with Gasteiger partial charge in [0.05, 0.1) is 24.1 Å². The van der Waals surface area contributed by atoms with Crippen LogP contribution in [0.4, 0.5) is 4.39 Å². The van der Waals surface area contributed by atoms with E-state index in [0.29, 0.717) is 17.9 Å². The van der Waals surface area contributed by atoms with Gasteiger partial charge in [0.25, 0.3) is 0 Å². The van der Waals surface area contributed by atoms with Gasteiger partial charge in [0, 0.05) is 54.8 Å². The molecule has 2 aromatic heterocycles. The summed E-state index contributed by atoms with van der Waals surface area (Å²) >= 11 is 0. The fourth-order valence-corrected chi connectivity index (χ4v) is 3.76. The quantitative estimate of drug-likeness (QED) is 0.464. The number of halogens is 1. The average molecular weight is 468 g/mol. The SMILES string of the molecule is CN=C(C)/C(CCOc1cc(F)ccc1-c1ccc2ncc(CN(C)C)n2c1)=C(\N)C(C)(C)O. The van der Waals surface area contributed by atoms with E-state index in [2.05, 4.69) is 14.9 Å². The third-order valence-electron chi connectivity index (χ3n) is 5.68. The molecule has 0 amide bonds. The molecule has 0 atom stereocenters. The number of aromatic nitrogens is 2. The van der Waals surface area contributed by atoms with Crippen LogP contribution in [0.2, 0.25) is 0 Å². The van der Waals surface area contributed by atoms with E-state index < -0.39 is 5.60 Å². The number of pyridine rings is 1. The molecule has 0 bridgehead atoms. The number of nitrogens with zero attached hydrogens (tertiary/aromatic N) is 4. The first-order valence-electron chi connectivity index (χ1n) is 11.2. The van der Waals surface area contributed by atoms with E-state index in [9.17, 15) is 9.50 Å². The van der Waals surface area contributed by atoms with Crippen molar-refractivity contribution in [3.8, 4) is 16.9 Å². The van der Waals surface area contributed by atoms with Crippen molar-refractivity contribution in [3.05, 3.63) is 65.5 Å². The Morgan fingerprint density at radius 3 is 2.65 bits per heavy atom. The summed E-state index contributed by atoms with van der Waals surface area (Å²) in [7, 11) is 5.69. The van der Waals surface area contributed by atoms with Gasteiger partial charge in [-0.1, -0.05) is 0 Å². The Labute approximate surface area is 200 Å². The Kier molecular flexibility index (Phi) is 7.74. The molecule has 8 heteroatoms. The summed E-state index contributed by atoms with van der Waals surface area (Å²) in [5.41, 5.74) is 10.4. The van der Waals surface area contributed by atoms with Gasteiger partial charge in [0.15, 0.2) is 0 Å². The molecule has 2 heterocycles. The van der Waals surface area contributed by atoms with Crippen LogP contribution in [-0.4, -0.2) is 58.5 Å². The molecule has 0 radical (unpaired) electrons. The van der Waals surface area contributed by atoms with Crippen LogP contribution in [0.15, 0.2) is 59.0 Å². The van der Waals surface area contributed by atoms with Gasteiger partial charge in [-0.3, -0.25) is 4.99 Å². The van der Waals surface area contributed by atoms with E-state index in [1.165, 1.54) is 12.1 Å². The molecule has 7 nitrogen and oxygen atoms in total. The van der Waals surface area contributed by atoms with Gasteiger partial charge in [0.1, 0.15) is 17.2 Å². The summed E-state index contributed by atoms with van der Waals surface area (Å²) < 4.78 is 22.2. The minimum Gasteiger partial charge on any atom is -0.492 e. The highest BCUT2D eigenvalue weighted by Crippen LogP contribution is 2.32. The van der Waals surface area contributed by atoms with E-state index >= 15 is 0 Å². The van der Waals surface area contributed by atoms with Gasteiger partial charge in [-0.25, -0.2) is 9.37 Å². The minimum atomic E-state index is -1.18. The minimum absolute atomic E-state index is 0.245. The lowest BCUT2D eigenvalue weighted by Crippen LogP contribution is -2.31. The molecule has 0 aliphatic heterocycles. The Morgan fingerprint density at radius 1 is 1.26 bits per heavy atom. The number of nitrogens with two attached hydrogens (primary N) is 1. The van der Waals surface area contributed by atoms with Gasteiger partial charge < -0.3 is 24.9 Å². The summed E-state index contributed by atoms with van der Waals surface area (Å²) in [4.78, 5) is 10.8. The number of aliphatic hydroxyl groups is 1. The fourth-order valence-electron chi connectivity index (χ4n) is 3.76. The molecule has 34 heavy (non-hydrogen) atoms. The number of fused-ring (bicyclic) bond motifs is 1. The van der Waals surface area contributed by atoms with Crippen molar-refractivity contribution in [3.63, 3.8) is 0 Å². The Balaban J connectivity index is 1.91. The molecule has 1 aromatic carbocycles. The molecule has 3 N–H and O–H groups in total. The van der Waals surface area contributed by atoms with E-state index in [1.807, 2.05) is 49.9 Å². The highest BCUT2D eigenvalue weighted by atomic mass is 19.1. The van der Waals surface area contributed by atoms with Crippen LogP contribution in [0.3, 0.4) is 0 Å². The molecule has 0 aliphatic carbocycles. The Bertz CT molecular complexity index is 1220. The van der Waals surface area contributed by atoms with Crippen LogP contribution in [0, 0.1) is 5.82 Å². The van der Waals surface area contributed by atoms with Gasteiger partial charge in [-0.2, -0.15) is 0 Å². The second kappa shape index (κ2) is 10.4. The molecular formula is C26H34FN5O2. The van der Waals surface area contributed by atoms with Gasteiger partial charge >= 0.3 is 0 Å². The smallest absolute Gasteiger partial charge is 0.136 e. The predicted octanol–water partition coefficient (Wildman–Crippen LogP) is 4.05. The third-order valence-corrected chi connectivity index (χ3v) is 5.68. The molecule has 3 rings (SSSR count). The number of imidazole rings is 1. The van der Waals surface area contributed by atoms with E-state index in [0.717, 1.165) is 40.3 Å². The summed E-state index contributed by atoms with van der Waals surface area (Å²) in [6, 6.07) is 8.42. The number of ether oxygens (including phenoxy) is 1. The predicted molar refractivity (Wildman–Crippen MR) is 135 cm³/mol. The Hall–Kier alpha value is -3.23. The molecule has 0 saturated heterocycles. The van der Waals surface area contributed by atoms with E-state index in [4.69, 9.17) is 10.5 Å². The summed E-state index contributed by atoms with van der Waals surface area (Å²) in [6.07, 6.45) is 4.27. The van der Waals surface area contributed by atoms with E-state index in [-0.39, 0.29) is 12.4 Å². The zero-order valence-electron chi connectivity index (χ0n) is 20.8. The second-order valence-electron chi connectivity index (χ2n) is 9.13. The zero-order chi connectivity index (χ0) is 25.0. The number of rotatable bonds is 9. The highest BCUT2D eigenvalue weighted by molar-refractivity contribution is 5.99. The summed E-state index contributed by atoms with van der Waals surface area (Å²) in [5.74, 6) is 0.0507. The Morgan fingerprint density at radius 2 is 2.00 bits per heavy atom. The molecule has 0 fully saturated rings. The number of benzene rings is 1. The van der Waals surface area contributed by atoms with Gasteiger partial charge in [0.2, 0.25) is 0 Å². The van der Waals surface area contributed by atoms with Crippen LogP contribution in [0.25, 0.3) is 16.8 Å². The van der Waals surface area contributed by atoms with Crippen LogP contribution >= 0.6 is 0 Å². The van der Waals surface area contributed by atoms with Crippen molar-refractivity contribution in [2.75, 3.05) is 27.7 Å². The second-order valence-corrected chi connectivity index (χ2v) is 9.13. The lowest BCUT2D eigenvalue weighted by molar-refractivity contribution is 0.117. The summed E-state index contributed by atoms with van der Waals surface area (Å²) in [5, 5.41) is 10.4. The first-order chi connectivity index (χ1) is 16.0. The maximum absolute atomic E-state index is 14.1. The van der Waals surface area contributed by atoms with Crippen molar-refractivity contribution in [2.45, 2.75) is 39.3 Å². The van der Waals surface area contributed by atoms with Crippen LogP contribution in [0.1, 0.15) is 32.9 Å². The van der Waals surface area contributed by atoms with Crippen molar-refractivity contribution in [2.24, 2.45) is 10.7 Å². The maximum Gasteiger partial charge on any atom is 0.136 e. The van der Waals surface area contributed by atoms with Crippen molar-refractivity contribution < 1.29 is 14.2 Å². The zero-order valence-corrected chi connectivity index (χ0v) is 20.8. The highest BCUT2D eigenvalue weighted by Gasteiger charge is 2.22. The number of hydrogen-bond acceptors (Lipinski definition) is 6. The molecule has 0 spiro atoms. The first kappa shape index (κ1) is 25.4. The van der Waals surface area contributed by atoms with Crippen molar-refractivity contribution in [1.29, 1.82) is 0 Å². The normalized spacial score (nSPS) is 13.5. The lowest BCUT2D eigenvalue weighted by atomic mass is 9.96. The topological polar surface area (TPSA) is 88.4 Å². The lowest BCUT2D eigenvalue weighted by Gasteiger charge is -2.22. The maximum atomic E-state index is 14.1. The molecule has 182 valence electrons. The largest absolute Gasteiger partial charge is 0.492 e. The van der Waals surface area contributed by atoms with Crippen molar-refractivity contribution >= 4 is 11.4 Å². The monoisotopic (exact) mass is 467 g/mol. The third kappa shape index (κ3) is 5.81. The van der Waals surface area contributed by atoms with Crippen LogP contribution in [0.5, 0.6) is 5.75 Å². The van der Waals surface area contributed by atoms with E-state index in [1.54, 1.807) is 27.0 Å².